The highest BCUT2D eigenvalue weighted by atomic mass is 32.2. The Hall–Kier alpha value is -5.09. The van der Waals surface area contributed by atoms with Crippen LogP contribution >= 0.6 is 12.1 Å². The highest BCUT2D eigenvalue weighted by Gasteiger charge is 2.28. The third-order valence-electron chi connectivity index (χ3n) is 11.5. The average molecular weight is 883 g/mol. The summed E-state index contributed by atoms with van der Waals surface area (Å²) in [6.45, 7) is 31.7. The zero-order valence-electron chi connectivity index (χ0n) is 37.6. The monoisotopic (exact) mass is 883 g/mol. The van der Waals surface area contributed by atoms with Gasteiger partial charge in [0.1, 0.15) is 5.83 Å². The average Bonchev–Trinajstić information content (AvgIpc) is 3.27. The van der Waals surface area contributed by atoms with Gasteiger partial charge in [0.05, 0.1) is 35.4 Å². The van der Waals surface area contributed by atoms with Gasteiger partial charge in [-0.15, -0.1) is 0 Å². The predicted molar refractivity (Wildman–Crippen MR) is 261 cm³/mol. The minimum absolute atomic E-state index is 0.0748. The lowest BCUT2D eigenvalue weighted by Crippen LogP contribution is -2.48. The van der Waals surface area contributed by atoms with Gasteiger partial charge in [-0.25, -0.2) is 23.1 Å². The van der Waals surface area contributed by atoms with Gasteiger partial charge in [-0.05, 0) is 107 Å². The van der Waals surface area contributed by atoms with E-state index in [9.17, 15) is 0 Å². The van der Waals surface area contributed by atoms with Crippen LogP contribution in [0.2, 0.25) is 0 Å². The molecule has 2 saturated heterocycles. The maximum absolute atomic E-state index is 15.7. The zero-order chi connectivity index (χ0) is 45.1. The first-order chi connectivity index (χ1) is 30.5. The number of pyridine rings is 1. The van der Waals surface area contributed by atoms with E-state index in [1.54, 1.807) is 18.6 Å². The van der Waals surface area contributed by atoms with Gasteiger partial charge in [0.25, 0.3) is 0 Å². The fourth-order valence-corrected chi connectivity index (χ4v) is 8.32. The van der Waals surface area contributed by atoms with Crippen LogP contribution in [0.3, 0.4) is 0 Å². The quantitative estimate of drug-likeness (QED) is 0.0355. The number of nitrogens with one attached hydrogen (secondary N) is 5. The first-order valence-electron chi connectivity index (χ1n) is 22.3. The van der Waals surface area contributed by atoms with Crippen LogP contribution in [0.5, 0.6) is 0 Å². The fourth-order valence-electron chi connectivity index (χ4n) is 7.73. The molecule has 1 aliphatic carbocycles. The number of halogens is 2. The molecule has 1 aromatic heterocycles. The largest absolute Gasteiger partial charge is 0.376 e. The molecule has 0 spiro atoms. The van der Waals surface area contributed by atoms with Crippen LogP contribution in [0.1, 0.15) is 83.2 Å². The van der Waals surface area contributed by atoms with Gasteiger partial charge in [0.2, 0.25) is 5.96 Å². The Balaban J connectivity index is 1.12. The number of hydrogen-bond acceptors (Lipinski definition) is 11. The molecule has 0 amide bonds. The summed E-state index contributed by atoms with van der Waals surface area (Å²) in [5, 5.41) is 14.7. The molecule has 1 aromatic rings. The number of allylic oxidation sites excluding steroid dienone is 10. The molecule has 4 aliphatic rings. The molecule has 15 heteroatoms. The molecule has 2 atom stereocenters. The number of hydrazone groups is 1. The van der Waals surface area contributed by atoms with Crippen molar-refractivity contribution in [2.75, 3.05) is 64.7 Å². The Morgan fingerprint density at radius 2 is 1.90 bits per heavy atom. The Morgan fingerprint density at radius 3 is 2.62 bits per heavy atom. The number of nitrogens with zero attached hydrogens (tertiary/aromatic N) is 7. The van der Waals surface area contributed by atoms with E-state index < -0.39 is 11.7 Å². The van der Waals surface area contributed by atoms with Crippen molar-refractivity contribution in [1.82, 2.24) is 39.9 Å². The number of aliphatic imine (C=N–C) groups is 2. The number of aromatic nitrogens is 1. The number of piperidine rings is 1. The smallest absolute Gasteiger partial charge is 0.224 e. The van der Waals surface area contributed by atoms with Gasteiger partial charge in [0.15, 0.2) is 5.83 Å². The molecular weight excluding hydrogens is 815 g/mol. The Morgan fingerprint density at radius 1 is 1.10 bits per heavy atom. The lowest BCUT2D eigenvalue weighted by molar-refractivity contribution is 0.177. The summed E-state index contributed by atoms with van der Waals surface area (Å²) in [4.78, 5) is 18.9. The number of hydrogen-bond donors (Lipinski definition) is 5. The fraction of sp³-hybridized carbons (Fsp3) is 0.458. The van der Waals surface area contributed by atoms with Crippen molar-refractivity contribution in [1.29, 1.82) is 0 Å². The van der Waals surface area contributed by atoms with Crippen molar-refractivity contribution in [3.05, 3.63) is 132 Å². The molecule has 0 bridgehead atoms. The second kappa shape index (κ2) is 25.3. The summed E-state index contributed by atoms with van der Waals surface area (Å²) in [5.41, 5.74) is 9.15. The van der Waals surface area contributed by atoms with E-state index in [-0.39, 0.29) is 30.0 Å². The van der Waals surface area contributed by atoms with Gasteiger partial charge in [-0.3, -0.25) is 15.3 Å². The van der Waals surface area contributed by atoms with E-state index >= 15 is 8.78 Å². The standard InChI is InChI=1S/C48H68F2N12S/c1-9-22-51-23-21-39(44-18-15-40(32-54-44)58-43-17-14-35(5)57-37(43)7)13-12-25-61-26-28-62(29-27-61)48(52-10-2)53-24-20-38-30-34(4)41(33-56-55-31-38)36(6)46-42(49)16-19-45(47(46)50)59-63-60(8)11-3/h10,15,18,24,30-33,39,43,51,56-59H,2,4-7,9,11-14,16-17,19-23,25-29H2,1,3,8H3/b38-30?,41-33+,52-48?,53-24?,55-31?. The lowest BCUT2D eigenvalue weighted by atomic mass is 9.88. The van der Waals surface area contributed by atoms with Crippen molar-refractivity contribution < 1.29 is 8.78 Å². The molecule has 63 heavy (non-hydrogen) atoms. The SMILES string of the molecule is C=CN=C(N=CCC1=CC(=C)/C(C(=C)C2=C(F)CCC(NSN(C)CC)=C2F)=C\NN=C1)N1CCN(CCCC(CCNCCC)c2ccc(NC3CCC(=C)NC3=C)cn2)CC1. The summed E-state index contributed by atoms with van der Waals surface area (Å²) < 4.78 is 35.9. The second-order valence-electron chi connectivity index (χ2n) is 16.2. The highest BCUT2D eigenvalue weighted by molar-refractivity contribution is 7.95. The van der Waals surface area contributed by atoms with Crippen molar-refractivity contribution >= 4 is 36.2 Å². The minimum atomic E-state index is -0.651. The summed E-state index contributed by atoms with van der Waals surface area (Å²) in [6, 6.07) is 4.49. The number of guanidine groups is 1. The summed E-state index contributed by atoms with van der Waals surface area (Å²) >= 11 is 1.27. The van der Waals surface area contributed by atoms with Crippen molar-refractivity contribution in [3.8, 4) is 0 Å². The molecule has 0 radical (unpaired) electrons. The summed E-state index contributed by atoms with van der Waals surface area (Å²) in [7, 11) is 1.89. The first kappa shape index (κ1) is 48.9. The normalized spacial score (nSPS) is 20.5. The van der Waals surface area contributed by atoms with E-state index in [1.165, 1.54) is 18.3 Å². The molecule has 0 saturated carbocycles. The molecular formula is C48H68F2N12S. The van der Waals surface area contributed by atoms with Crippen molar-refractivity contribution in [3.63, 3.8) is 0 Å². The van der Waals surface area contributed by atoms with Crippen LogP contribution in [-0.2, 0) is 0 Å². The van der Waals surface area contributed by atoms with Crippen LogP contribution in [-0.4, -0.2) is 103 Å². The first-order valence-corrected chi connectivity index (χ1v) is 23.0. The van der Waals surface area contributed by atoms with E-state index in [0.717, 1.165) is 119 Å². The topological polar surface area (TPSA) is 120 Å². The van der Waals surface area contributed by atoms with Crippen LogP contribution < -0.4 is 26.1 Å². The molecule has 3 aliphatic heterocycles. The van der Waals surface area contributed by atoms with E-state index in [0.29, 0.717) is 35.1 Å². The van der Waals surface area contributed by atoms with Gasteiger partial charge in [0, 0.05) is 105 Å². The molecule has 4 heterocycles. The molecule has 0 aromatic carbocycles. The van der Waals surface area contributed by atoms with E-state index in [2.05, 4.69) is 97.9 Å². The van der Waals surface area contributed by atoms with Crippen molar-refractivity contribution in [2.24, 2.45) is 15.1 Å². The molecule has 5 rings (SSSR count). The molecule has 12 nitrogen and oxygen atoms in total. The summed E-state index contributed by atoms with van der Waals surface area (Å²) in [6.07, 6.45) is 17.3. The highest BCUT2D eigenvalue weighted by Crippen LogP contribution is 2.39. The Labute approximate surface area is 379 Å². The number of piperazine rings is 1. The molecule has 2 fully saturated rings. The summed E-state index contributed by atoms with van der Waals surface area (Å²) in [5.74, 6) is -0.219. The van der Waals surface area contributed by atoms with Gasteiger partial charge >= 0.3 is 0 Å². The second-order valence-corrected chi connectivity index (χ2v) is 17.2. The Kier molecular flexibility index (Phi) is 19.6. The molecule has 2 unspecified atom stereocenters. The maximum Gasteiger partial charge on any atom is 0.224 e. The van der Waals surface area contributed by atoms with E-state index in [1.807, 2.05) is 30.5 Å². The van der Waals surface area contributed by atoms with Crippen LogP contribution in [0.25, 0.3) is 0 Å². The van der Waals surface area contributed by atoms with Crippen LogP contribution in [0.4, 0.5) is 14.5 Å². The lowest BCUT2D eigenvalue weighted by Gasteiger charge is -2.35. The minimum Gasteiger partial charge on any atom is -0.376 e. The number of anilines is 1. The molecule has 340 valence electrons. The third-order valence-corrected chi connectivity index (χ3v) is 12.4. The van der Waals surface area contributed by atoms with E-state index in [4.69, 9.17) is 9.98 Å². The van der Waals surface area contributed by atoms with Gasteiger partial charge in [-0.1, -0.05) is 46.7 Å². The van der Waals surface area contributed by atoms with Crippen LogP contribution in [0, 0.1) is 0 Å². The third kappa shape index (κ3) is 14.7. The van der Waals surface area contributed by atoms with Crippen LogP contribution in [0.15, 0.2) is 141 Å². The predicted octanol–water partition coefficient (Wildman–Crippen LogP) is 8.92. The molecule has 5 N–H and O–H groups in total. The van der Waals surface area contributed by atoms with Gasteiger partial charge < -0.3 is 25.6 Å². The van der Waals surface area contributed by atoms with Gasteiger partial charge in [-0.2, -0.15) is 5.10 Å². The zero-order valence-corrected chi connectivity index (χ0v) is 38.4. The maximum atomic E-state index is 15.7. The number of rotatable bonds is 21. The Bertz CT molecular complexity index is 2010. The van der Waals surface area contributed by atoms with Crippen molar-refractivity contribution in [2.45, 2.75) is 83.6 Å².